The SMILES string of the molecule is O=NNc1cccc(P)c1. The molecule has 1 aromatic rings. The molecule has 0 aliphatic heterocycles. The highest BCUT2D eigenvalue weighted by atomic mass is 31.0. The molecule has 0 bridgehead atoms. The van der Waals surface area contributed by atoms with E-state index >= 15 is 0 Å². The molecule has 1 aromatic carbocycles. The van der Waals surface area contributed by atoms with Gasteiger partial charge in [0.2, 0.25) is 0 Å². The molecule has 0 heterocycles. The number of benzene rings is 1. The Hall–Kier alpha value is -0.950. The van der Waals surface area contributed by atoms with Crippen LogP contribution >= 0.6 is 9.24 Å². The third kappa shape index (κ3) is 1.78. The Bertz CT molecular complexity index is 239. The van der Waals surface area contributed by atoms with Crippen LogP contribution in [0, 0.1) is 4.91 Å². The van der Waals surface area contributed by atoms with Crippen molar-refractivity contribution in [2.75, 3.05) is 5.43 Å². The van der Waals surface area contributed by atoms with E-state index in [1.54, 1.807) is 6.07 Å². The third-order valence-electron chi connectivity index (χ3n) is 1.06. The Morgan fingerprint density at radius 2 is 2.30 bits per heavy atom. The van der Waals surface area contributed by atoms with Gasteiger partial charge >= 0.3 is 0 Å². The fraction of sp³-hybridized carbons (Fsp3) is 0. The molecule has 1 N–H and O–H groups in total. The Balaban J connectivity index is 2.84. The quantitative estimate of drug-likeness (QED) is 0.396. The minimum Gasteiger partial charge on any atom is -0.242 e. The van der Waals surface area contributed by atoms with Gasteiger partial charge in [0.25, 0.3) is 0 Å². The van der Waals surface area contributed by atoms with Gasteiger partial charge < -0.3 is 0 Å². The predicted molar refractivity (Wildman–Crippen MR) is 45.2 cm³/mol. The van der Waals surface area contributed by atoms with Gasteiger partial charge in [-0.15, -0.1) is 14.1 Å². The van der Waals surface area contributed by atoms with Crippen molar-refractivity contribution in [3.05, 3.63) is 29.2 Å². The molecule has 1 unspecified atom stereocenters. The highest BCUT2D eigenvalue weighted by Crippen LogP contribution is 2.04. The summed E-state index contributed by atoms with van der Waals surface area (Å²) >= 11 is 0. The van der Waals surface area contributed by atoms with Crippen molar-refractivity contribution in [3.63, 3.8) is 0 Å². The topological polar surface area (TPSA) is 41.5 Å². The van der Waals surface area contributed by atoms with E-state index in [-0.39, 0.29) is 0 Å². The molecule has 1 rings (SSSR count). The first-order valence-electron chi connectivity index (χ1n) is 2.77. The predicted octanol–water partition coefficient (Wildman–Crippen LogP) is 1.28. The Morgan fingerprint density at radius 3 is 2.90 bits per heavy atom. The molecular formula is C6H7N2OP. The number of nitrogens with zero attached hydrogens (tertiary/aromatic N) is 1. The lowest BCUT2D eigenvalue weighted by molar-refractivity contribution is 1.32. The maximum Gasteiger partial charge on any atom is 0.0600 e. The smallest absolute Gasteiger partial charge is 0.0600 e. The molecule has 0 radical (unpaired) electrons. The Labute approximate surface area is 61.0 Å². The zero-order valence-electron chi connectivity index (χ0n) is 5.24. The molecule has 0 saturated heterocycles. The number of anilines is 1. The summed E-state index contributed by atoms with van der Waals surface area (Å²) in [4.78, 5) is 9.72. The van der Waals surface area contributed by atoms with Crippen molar-refractivity contribution >= 4 is 20.2 Å². The van der Waals surface area contributed by atoms with E-state index < -0.39 is 0 Å². The van der Waals surface area contributed by atoms with Crippen LogP contribution in [0.5, 0.6) is 0 Å². The van der Waals surface area contributed by atoms with Crippen LogP contribution in [-0.2, 0) is 0 Å². The first-order chi connectivity index (χ1) is 4.83. The summed E-state index contributed by atoms with van der Waals surface area (Å²) in [5, 5.41) is 3.56. The van der Waals surface area contributed by atoms with E-state index in [0.29, 0.717) is 5.69 Å². The molecule has 0 fully saturated rings. The molecule has 52 valence electrons. The standard InChI is InChI=1S/C6H7N2OP/c9-8-7-5-2-1-3-6(10)4-5/h1-4H,10H2,(H,7,9). The largest absolute Gasteiger partial charge is 0.242 e. The lowest BCUT2D eigenvalue weighted by Crippen LogP contribution is -1.92. The minimum absolute atomic E-state index is 0.711. The molecule has 0 amide bonds. The van der Waals surface area contributed by atoms with Crippen LogP contribution in [0.25, 0.3) is 0 Å². The fourth-order valence-electron chi connectivity index (χ4n) is 0.661. The van der Waals surface area contributed by atoms with Gasteiger partial charge in [0.1, 0.15) is 0 Å². The average molecular weight is 154 g/mol. The lowest BCUT2D eigenvalue weighted by atomic mass is 10.3. The summed E-state index contributed by atoms with van der Waals surface area (Å²) in [6.07, 6.45) is 0. The van der Waals surface area contributed by atoms with Crippen LogP contribution in [0.3, 0.4) is 0 Å². The van der Waals surface area contributed by atoms with Gasteiger partial charge in [0.15, 0.2) is 0 Å². The summed E-state index contributed by atoms with van der Waals surface area (Å²) in [5.74, 6) is 0. The second kappa shape index (κ2) is 3.28. The van der Waals surface area contributed by atoms with Crippen LogP contribution < -0.4 is 10.7 Å². The van der Waals surface area contributed by atoms with Crippen molar-refractivity contribution in [1.29, 1.82) is 0 Å². The first-order valence-corrected chi connectivity index (χ1v) is 3.34. The summed E-state index contributed by atoms with van der Waals surface area (Å²) in [5.41, 5.74) is 3.02. The van der Waals surface area contributed by atoms with E-state index in [4.69, 9.17) is 0 Å². The van der Waals surface area contributed by atoms with Gasteiger partial charge in [0, 0.05) is 0 Å². The zero-order valence-corrected chi connectivity index (χ0v) is 6.40. The maximum absolute atomic E-state index is 9.72. The number of hydrogen-bond donors (Lipinski definition) is 1. The van der Waals surface area contributed by atoms with E-state index in [0.717, 1.165) is 5.30 Å². The minimum atomic E-state index is 0.711. The highest BCUT2D eigenvalue weighted by Gasteiger charge is 1.88. The monoisotopic (exact) mass is 154 g/mol. The Morgan fingerprint density at radius 1 is 1.50 bits per heavy atom. The van der Waals surface area contributed by atoms with E-state index in [2.05, 4.69) is 20.0 Å². The summed E-state index contributed by atoms with van der Waals surface area (Å²) in [6.45, 7) is 0. The average Bonchev–Trinajstić information content (AvgIpc) is 1.88. The summed E-state index contributed by atoms with van der Waals surface area (Å²) in [6, 6.07) is 7.34. The molecular weight excluding hydrogens is 147 g/mol. The lowest BCUT2D eigenvalue weighted by Gasteiger charge is -1.95. The van der Waals surface area contributed by atoms with E-state index in [9.17, 15) is 4.91 Å². The van der Waals surface area contributed by atoms with Gasteiger partial charge in [-0.2, -0.15) is 0 Å². The third-order valence-corrected chi connectivity index (χ3v) is 1.42. The van der Waals surface area contributed by atoms with Gasteiger partial charge in [-0.3, -0.25) is 0 Å². The first kappa shape index (κ1) is 7.16. The fourth-order valence-corrected chi connectivity index (χ4v) is 0.952. The molecule has 4 heteroatoms. The number of hydrogen-bond acceptors (Lipinski definition) is 2. The molecule has 0 aliphatic carbocycles. The van der Waals surface area contributed by atoms with Crippen LogP contribution in [0.2, 0.25) is 0 Å². The van der Waals surface area contributed by atoms with Crippen LogP contribution in [0.1, 0.15) is 0 Å². The van der Waals surface area contributed by atoms with Crippen LogP contribution in [0.4, 0.5) is 5.69 Å². The van der Waals surface area contributed by atoms with Crippen molar-refractivity contribution in [2.45, 2.75) is 0 Å². The second-order valence-corrected chi connectivity index (χ2v) is 2.50. The summed E-state index contributed by atoms with van der Waals surface area (Å²) < 4.78 is 0. The number of rotatable bonds is 2. The number of nitrogens with one attached hydrogen (secondary N) is 1. The summed E-state index contributed by atoms with van der Waals surface area (Å²) in [7, 11) is 2.53. The van der Waals surface area contributed by atoms with Gasteiger partial charge in [-0.05, 0) is 17.4 Å². The molecule has 3 nitrogen and oxygen atoms in total. The van der Waals surface area contributed by atoms with Crippen molar-refractivity contribution < 1.29 is 0 Å². The van der Waals surface area contributed by atoms with Crippen molar-refractivity contribution in [1.82, 2.24) is 0 Å². The highest BCUT2D eigenvalue weighted by molar-refractivity contribution is 7.27. The molecule has 0 saturated carbocycles. The molecule has 0 aliphatic rings. The van der Waals surface area contributed by atoms with Crippen molar-refractivity contribution in [3.8, 4) is 0 Å². The Kier molecular flexibility index (Phi) is 2.35. The molecule has 0 spiro atoms. The van der Waals surface area contributed by atoms with Crippen LogP contribution in [-0.4, -0.2) is 0 Å². The molecule has 10 heavy (non-hydrogen) atoms. The van der Waals surface area contributed by atoms with Gasteiger partial charge in [-0.1, -0.05) is 12.1 Å². The van der Waals surface area contributed by atoms with Gasteiger partial charge in [0.05, 0.1) is 11.0 Å². The van der Waals surface area contributed by atoms with E-state index in [1.165, 1.54) is 0 Å². The second-order valence-electron chi connectivity index (χ2n) is 1.83. The zero-order chi connectivity index (χ0) is 7.40. The van der Waals surface area contributed by atoms with Gasteiger partial charge in [-0.25, -0.2) is 5.43 Å². The van der Waals surface area contributed by atoms with Crippen molar-refractivity contribution in [2.24, 2.45) is 5.29 Å². The molecule has 0 aromatic heterocycles. The molecule has 1 atom stereocenters. The van der Waals surface area contributed by atoms with E-state index in [1.807, 2.05) is 18.2 Å². The number of nitroso groups, excluding NO2 is 1. The maximum atomic E-state index is 9.72. The van der Waals surface area contributed by atoms with Crippen LogP contribution in [0.15, 0.2) is 29.6 Å². The normalized spacial score (nSPS) is 8.90.